The molecule has 20 heavy (non-hydrogen) atoms. The second kappa shape index (κ2) is 5.43. The highest BCUT2D eigenvalue weighted by Crippen LogP contribution is 2.46. The Morgan fingerprint density at radius 2 is 1.75 bits per heavy atom. The summed E-state index contributed by atoms with van der Waals surface area (Å²) in [7, 11) is 0. The average Bonchev–Trinajstić information content (AvgIpc) is 2.78. The maximum atomic E-state index is 13.6. The quantitative estimate of drug-likeness (QED) is 0.788. The van der Waals surface area contributed by atoms with Gasteiger partial charge >= 0.3 is 0 Å². The molecule has 0 N–H and O–H groups in total. The standard InChI is InChI=1S/C15H15F3OS/c16-12-4-1-8(14(17)15(12)18)7-13(19)9-5-10-2-3-11(6-9)20-10/h1,4,9-11H,2-3,5-7H2. The molecule has 2 bridgehead atoms. The summed E-state index contributed by atoms with van der Waals surface area (Å²) in [6.07, 6.45) is 3.84. The van der Waals surface area contributed by atoms with Crippen LogP contribution in [-0.2, 0) is 11.2 Å². The molecule has 1 nitrogen and oxygen atoms in total. The van der Waals surface area contributed by atoms with Gasteiger partial charge in [0, 0.05) is 22.8 Å². The number of carbonyl (C=O) groups excluding carboxylic acids is 1. The minimum atomic E-state index is -1.49. The van der Waals surface area contributed by atoms with Crippen LogP contribution in [0.2, 0.25) is 0 Å². The molecule has 0 amide bonds. The van der Waals surface area contributed by atoms with Gasteiger partial charge in [0.05, 0.1) is 0 Å². The number of halogens is 3. The first kappa shape index (κ1) is 14.0. The SMILES string of the molecule is O=C(Cc1ccc(F)c(F)c1F)C1CC2CCC(C1)S2. The van der Waals surface area contributed by atoms with Gasteiger partial charge in [-0.1, -0.05) is 6.07 Å². The molecule has 2 saturated heterocycles. The Morgan fingerprint density at radius 1 is 1.10 bits per heavy atom. The van der Waals surface area contributed by atoms with E-state index < -0.39 is 17.5 Å². The lowest BCUT2D eigenvalue weighted by atomic mass is 9.90. The molecule has 0 aliphatic carbocycles. The molecule has 0 aromatic heterocycles. The van der Waals surface area contributed by atoms with Crippen LogP contribution in [0.15, 0.2) is 12.1 Å². The molecule has 2 fully saturated rings. The van der Waals surface area contributed by atoms with Crippen LogP contribution in [0.3, 0.4) is 0 Å². The molecule has 1 aromatic rings. The summed E-state index contributed by atoms with van der Waals surface area (Å²) in [6.45, 7) is 0. The normalized spacial score (nSPS) is 28.6. The van der Waals surface area contributed by atoms with Gasteiger partial charge in [0.15, 0.2) is 17.5 Å². The van der Waals surface area contributed by atoms with Crippen molar-refractivity contribution in [1.29, 1.82) is 0 Å². The number of hydrogen-bond donors (Lipinski definition) is 0. The number of thioether (sulfide) groups is 1. The maximum absolute atomic E-state index is 13.6. The van der Waals surface area contributed by atoms with E-state index in [-0.39, 0.29) is 23.7 Å². The Kier molecular flexibility index (Phi) is 3.80. The van der Waals surface area contributed by atoms with Crippen LogP contribution in [0, 0.1) is 23.4 Å². The molecule has 2 atom stereocenters. The lowest BCUT2D eigenvalue weighted by Crippen LogP contribution is -2.26. The molecule has 5 heteroatoms. The summed E-state index contributed by atoms with van der Waals surface area (Å²) in [4.78, 5) is 12.2. The van der Waals surface area contributed by atoms with Crippen LogP contribution in [-0.4, -0.2) is 16.3 Å². The van der Waals surface area contributed by atoms with Gasteiger partial charge < -0.3 is 0 Å². The summed E-state index contributed by atoms with van der Waals surface area (Å²) in [5.74, 6) is -4.04. The van der Waals surface area contributed by atoms with Crippen molar-refractivity contribution in [1.82, 2.24) is 0 Å². The molecule has 1 aromatic carbocycles. The fourth-order valence-electron chi connectivity index (χ4n) is 3.16. The van der Waals surface area contributed by atoms with Gasteiger partial charge in [0.2, 0.25) is 0 Å². The smallest absolute Gasteiger partial charge is 0.194 e. The topological polar surface area (TPSA) is 17.1 Å². The Balaban J connectivity index is 1.72. The molecule has 0 spiro atoms. The summed E-state index contributed by atoms with van der Waals surface area (Å²) in [5.41, 5.74) is -0.0422. The van der Waals surface area contributed by atoms with Crippen LogP contribution in [0.1, 0.15) is 31.2 Å². The van der Waals surface area contributed by atoms with Crippen molar-refractivity contribution in [2.75, 3.05) is 0 Å². The molecule has 0 saturated carbocycles. The van der Waals surface area contributed by atoms with E-state index in [0.717, 1.165) is 37.8 Å². The fraction of sp³-hybridized carbons (Fsp3) is 0.533. The monoisotopic (exact) mass is 300 g/mol. The second-order valence-corrected chi connectivity index (χ2v) is 7.21. The first-order valence-corrected chi connectivity index (χ1v) is 7.79. The zero-order valence-corrected chi connectivity index (χ0v) is 11.7. The molecule has 2 heterocycles. The Morgan fingerprint density at radius 3 is 2.40 bits per heavy atom. The van der Waals surface area contributed by atoms with E-state index in [4.69, 9.17) is 0 Å². The van der Waals surface area contributed by atoms with Gasteiger partial charge in [-0.2, -0.15) is 11.8 Å². The summed E-state index contributed by atoms with van der Waals surface area (Å²) < 4.78 is 39.6. The predicted octanol–water partition coefficient (Wildman–Crippen LogP) is 3.89. The fourth-order valence-corrected chi connectivity index (χ4v) is 4.93. The number of benzene rings is 1. The number of carbonyl (C=O) groups is 1. The van der Waals surface area contributed by atoms with E-state index in [2.05, 4.69) is 0 Å². The Hall–Kier alpha value is -0.970. The van der Waals surface area contributed by atoms with E-state index >= 15 is 0 Å². The van der Waals surface area contributed by atoms with E-state index in [1.807, 2.05) is 11.8 Å². The number of ketones is 1. The van der Waals surface area contributed by atoms with Crippen molar-refractivity contribution in [3.8, 4) is 0 Å². The third-order valence-corrected chi connectivity index (χ3v) is 5.85. The molecule has 3 rings (SSSR count). The summed E-state index contributed by atoms with van der Waals surface area (Å²) in [6, 6.07) is 2.04. The van der Waals surface area contributed by atoms with Crippen LogP contribution in [0.4, 0.5) is 13.2 Å². The van der Waals surface area contributed by atoms with Crippen molar-refractivity contribution in [3.63, 3.8) is 0 Å². The van der Waals surface area contributed by atoms with E-state index in [1.54, 1.807) is 0 Å². The van der Waals surface area contributed by atoms with Gasteiger partial charge in [-0.3, -0.25) is 4.79 Å². The first-order chi connectivity index (χ1) is 9.54. The van der Waals surface area contributed by atoms with Crippen molar-refractivity contribution in [2.24, 2.45) is 5.92 Å². The van der Waals surface area contributed by atoms with Crippen LogP contribution < -0.4 is 0 Å². The number of rotatable bonds is 3. The highest BCUT2D eigenvalue weighted by atomic mass is 32.2. The van der Waals surface area contributed by atoms with Gasteiger partial charge in [0.1, 0.15) is 5.78 Å². The first-order valence-electron chi connectivity index (χ1n) is 6.85. The zero-order chi connectivity index (χ0) is 14.3. The van der Waals surface area contributed by atoms with Crippen LogP contribution in [0.25, 0.3) is 0 Å². The van der Waals surface area contributed by atoms with Gasteiger partial charge in [-0.25, -0.2) is 13.2 Å². The van der Waals surface area contributed by atoms with Crippen molar-refractivity contribution in [3.05, 3.63) is 35.1 Å². The van der Waals surface area contributed by atoms with Gasteiger partial charge in [-0.15, -0.1) is 0 Å². The molecule has 2 aliphatic heterocycles. The average molecular weight is 300 g/mol. The number of hydrogen-bond acceptors (Lipinski definition) is 2. The third-order valence-electron chi connectivity index (χ3n) is 4.23. The van der Waals surface area contributed by atoms with E-state index in [1.165, 1.54) is 0 Å². The molecule has 0 radical (unpaired) electrons. The van der Waals surface area contributed by atoms with Gasteiger partial charge in [0.25, 0.3) is 0 Å². The van der Waals surface area contributed by atoms with Crippen molar-refractivity contribution in [2.45, 2.75) is 42.6 Å². The molecule has 108 valence electrons. The Bertz CT molecular complexity index is 534. The second-order valence-electron chi connectivity index (χ2n) is 5.60. The molecule has 2 aliphatic rings. The third kappa shape index (κ3) is 2.60. The lowest BCUT2D eigenvalue weighted by molar-refractivity contribution is -0.122. The highest BCUT2D eigenvalue weighted by molar-refractivity contribution is 8.00. The summed E-state index contributed by atoms with van der Waals surface area (Å²) >= 11 is 1.95. The molecular formula is C15H15F3OS. The predicted molar refractivity (Wildman–Crippen MR) is 72.2 cm³/mol. The van der Waals surface area contributed by atoms with E-state index in [0.29, 0.717) is 10.5 Å². The van der Waals surface area contributed by atoms with E-state index in [9.17, 15) is 18.0 Å². The maximum Gasteiger partial charge on any atom is 0.194 e. The molecular weight excluding hydrogens is 285 g/mol. The van der Waals surface area contributed by atoms with Crippen molar-refractivity contribution < 1.29 is 18.0 Å². The summed E-state index contributed by atoms with van der Waals surface area (Å²) in [5, 5.41) is 1.08. The lowest BCUT2D eigenvalue weighted by Gasteiger charge is -2.26. The zero-order valence-electron chi connectivity index (χ0n) is 10.9. The minimum Gasteiger partial charge on any atom is -0.299 e. The van der Waals surface area contributed by atoms with Gasteiger partial charge in [-0.05, 0) is 37.3 Å². The van der Waals surface area contributed by atoms with Crippen LogP contribution in [0.5, 0.6) is 0 Å². The Labute approximate surface area is 119 Å². The largest absolute Gasteiger partial charge is 0.299 e. The number of Topliss-reactive ketones (excluding diaryl/α,β-unsaturated/α-hetero) is 1. The van der Waals surface area contributed by atoms with Crippen molar-refractivity contribution >= 4 is 17.5 Å². The number of fused-ring (bicyclic) bond motifs is 2. The minimum absolute atomic E-state index is 0.0422. The van der Waals surface area contributed by atoms with Crippen LogP contribution >= 0.6 is 11.8 Å². The molecule has 2 unspecified atom stereocenters. The highest BCUT2D eigenvalue weighted by Gasteiger charge is 2.37.